The van der Waals surface area contributed by atoms with E-state index in [1.54, 1.807) is 30.3 Å². The average Bonchev–Trinajstić information content (AvgIpc) is 2.56. The zero-order chi connectivity index (χ0) is 17.7. The molecule has 8 heteroatoms. The highest BCUT2D eigenvalue weighted by Gasteiger charge is 2.12. The molecule has 0 spiro atoms. The van der Waals surface area contributed by atoms with Crippen LogP contribution in [0.15, 0.2) is 30.3 Å². The first-order valence-corrected chi connectivity index (χ1v) is 7.56. The third-order valence-electron chi connectivity index (χ3n) is 3.13. The fourth-order valence-electron chi connectivity index (χ4n) is 2.00. The maximum atomic E-state index is 9.16. The quantitative estimate of drug-likeness (QED) is 0.565. The van der Waals surface area contributed by atoms with Gasteiger partial charge in [-0.2, -0.15) is 5.26 Å². The smallest absolute Gasteiger partial charge is 0.175 e. The number of anilines is 3. The van der Waals surface area contributed by atoms with Crippen LogP contribution in [0, 0.1) is 11.3 Å². The summed E-state index contributed by atoms with van der Waals surface area (Å²) in [5.74, 6) is 1.00. The number of thiocarbonyl (C=S) groups is 1. The molecule has 4 N–H and O–H groups in total. The Hall–Kier alpha value is -2.69. The molecule has 6 nitrogen and oxygen atoms in total. The lowest BCUT2D eigenvalue weighted by Gasteiger charge is -2.16. The van der Waals surface area contributed by atoms with Crippen LogP contribution in [0.4, 0.5) is 17.1 Å². The Morgan fingerprint density at radius 3 is 2.42 bits per heavy atom. The van der Waals surface area contributed by atoms with Crippen LogP contribution in [0.2, 0.25) is 5.02 Å². The summed E-state index contributed by atoms with van der Waals surface area (Å²) >= 11 is 11.4. The zero-order valence-electron chi connectivity index (χ0n) is 13.0. The van der Waals surface area contributed by atoms with Gasteiger partial charge in [-0.1, -0.05) is 11.6 Å². The maximum Gasteiger partial charge on any atom is 0.175 e. The third-order valence-corrected chi connectivity index (χ3v) is 3.63. The number of halogens is 1. The Morgan fingerprint density at radius 2 is 1.79 bits per heavy atom. The standard InChI is InChI=1S/C16H15ClN4O2S/c1-22-14-7-15(23-2)13(6-11(14)17)21-16(24)20-12-4-3-10(19)5-9(12)8-18/h3-7H,19H2,1-2H3,(H2,20,21,24). The molecule has 2 rings (SSSR count). The SMILES string of the molecule is COc1cc(OC)c(NC(=S)Nc2ccc(N)cc2C#N)cc1Cl. The van der Waals surface area contributed by atoms with E-state index in [1.165, 1.54) is 14.2 Å². The number of nitrogens with two attached hydrogens (primary N) is 1. The highest BCUT2D eigenvalue weighted by Crippen LogP contribution is 2.36. The number of ether oxygens (including phenoxy) is 2. The molecule has 2 aromatic rings. The van der Waals surface area contributed by atoms with Crippen LogP contribution >= 0.6 is 23.8 Å². The van der Waals surface area contributed by atoms with Gasteiger partial charge in [0.1, 0.15) is 17.6 Å². The normalized spacial score (nSPS) is 9.75. The first-order chi connectivity index (χ1) is 11.5. The van der Waals surface area contributed by atoms with Gasteiger partial charge in [0, 0.05) is 11.8 Å². The zero-order valence-corrected chi connectivity index (χ0v) is 14.6. The number of hydrogen-bond acceptors (Lipinski definition) is 5. The largest absolute Gasteiger partial charge is 0.495 e. The molecule has 0 aliphatic rings. The van der Waals surface area contributed by atoms with E-state index in [1.807, 2.05) is 0 Å². The summed E-state index contributed by atoms with van der Waals surface area (Å²) in [5, 5.41) is 15.8. The molecule has 0 radical (unpaired) electrons. The topological polar surface area (TPSA) is 92.3 Å². The molecule has 0 amide bonds. The van der Waals surface area contributed by atoms with Crippen molar-refractivity contribution in [3.8, 4) is 17.6 Å². The number of nitrogen functional groups attached to an aromatic ring is 1. The number of nitriles is 1. The first kappa shape index (κ1) is 17.7. The van der Waals surface area contributed by atoms with Crippen LogP contribution < -0.4 is 25.8 Å². The highest BCUT2D eigenvalue weighted by atomic mass is 35.5. The fourth-order valence-corrected chi connectivity index (χ4v) is 2.46. The van der Waals surface area contributed by atoms with Crippen LogP contribution in [-0.2, 0) is 0 Å². The number of nitrogens with one attached hydrogen (secondary N) is 2. The van der Waals surface area contributed by atoms with E-state index in [0.717, 1.165) is 0 Å². The van der Waals surface area contributed by atoms with E-state index in [4.69, 9.17) is 44.3 Å². The van der Waals surface area contributed by atoms with Crippen LogP contribution in [0.25, 0.3) is 0 Å². The van der Waals surface area contributed by atoms with Gasteiger partial charge in [-0.3, -0.25) is 0 Å². The summed E-state index contributed by atoms with van der Waals surface area (Å²) in [7, 11) is 3.04. The molecule has 2 aromatic carbocycles. The van der Waals surface area contributed by atoms with Gasteiger partial charge in [0.05, 0.1) is 36.2 Å². The van der Waals surface area contributed by atoms with Crippen molar-refractivity contribution in [1.82, 2.24) is 0 Å². The van der Waals surface area contributed by atoms with Gasteiger partial charge in [0.2, 0.25) is 0 Å². The van der Waals surface area contributed by atoms with Gasteiger partial charge < -0.3 is 25.8 Å². The highest BCUT2D eigenvalue weighted by molar-refractivity contribution is 7.80. The molecule has 0 saturated heterocycles. The van der Waals surface area contributed by atoms with Crippen molar-refractivity contribution < 1.29 is 9.47 Å². The molecule has 0 aromatic heterocycles. The van der Waals surface area contributed by atoms with Gasteiger partial charge in [-0.15, -0.1) is 0 Å². The number of nitrogens with zero attached hydrogens (tertiary/aromatic N) is 1. The fraction of sp³-hybridized carbons (Fsp3) is 0.125. The predicted molar refractivity (Wildman–Crippen MR) is 100.0 cm³/mol. The number of benzene rings is 2. The molecule has 0 bridgehead atoms. The predicted octanol–water partition coefficient (Wildman–Crippen LogP) is 3.62. The van der Waals surface area contributed by atoms with Crippen molar-refractivity contribution in [3.63, 3.8) is 0 Å². The molecule has 0 unspecified atom stereocenters. The summed E-state index contributed by atoms with van der Waals surface area (Å²) in [6.07, 6.45) is 0. The first-order valence-electron chi connectivity index (χ1n) is 6.77. The summed E-state index contributed by atoms with van der Waals surface area (Å²) in [6.45, 7) is 0. The van der Waals surface area contributed by atoms with Crippen molar-refractivity contribution in [1.29, 1.82) is 5.26 Å². The van der Waals surface area contributed by atoms with Gasteiger partial charge in [-0.05, 0) is 36.5 Å². The van der Waals surface area contributed by atoms with E-state index >= 15 is 0 Å². The van der Waals surface area contributed by atoms with Gasteiger partial charge in [-0.25, -0.2) is 0 Å². The van der Waals surface area contributed by atoms with E-state index in [9.17, 15) is 0 Å². The van der Waals surface area contributed by atoms with Gasteiger partial charge in [0.15, 0.2) is 5.11 Å². The minimum Gasteiger partial charge on any atom is -0.495 e. The Morgan fingerprint density at radius 1 is 1.12 bits per heavy atom. The van der Waals surface area contributed by atoms with Crippen LogP contribution in [0.3, 0.4) is 0 Å². The summed E-state index contributed by atoms with van der Waals surface area (Å²) in [4.78, 5) is 0. The second kappa shape index (κ2) is 7.73. The number of rotatable bonds is 4. The van der Waals surface area contributed by atoms with E-state index in [0.29, 0.717) is 39.1 Å². The van der Waals surface area contributed by atoms with Crippen molar-refractivity contribution >= 4 is 46.0 Å². The molecular weight excluding hydrogens is 348 g/mol. The number of methoxy groups -OCH3 is 2. The molecule has 0 aliphatic carbocycles. The monoisotopic (exact) mass is 362 g/mol. The maximum absolute atomic E-state index is 9.16. The Bertz CT molecular complexity index is 820. The summed E-state index contributed by atoms with van der Waals surface area (Å²) < 4.78 is 10.4. The Labute approximate surface area is 150 Å². The minimum atomic E-state index is 0.274. The summed E-state index contributed by atoms with van der Waals surface area (Å²) in [6, 6.07) is 10.3. The third kappa shape index (κ3) is 3.98. The van der Waals surface area contributed by atoms with Crippen molar-refractivity contribution in [2.24, 2.45) is 0 Å². The molecule has 0 saturated carbocycles. The minimum absolute atomic E-state index is 0.274. The van der Waals surface area contributed by atoms with E-state index < -0.39 is 0 Å². The lowest BCUT2D eigenvalue weighted by Crippen LogP contribution is -2.20. The molecule has 124 valence electrons. The molecule has 24 heavy (non-hydrogen) atoms. The second-order valence-corrected chi connectivity index (χ2v) is 5.50. The lowest BCUT2D eigenvalue weighted by molar-refractivity contribution is 0.396. The average molecular weight is 363 g/mol. The molecule has 0 heterocycles. The van der Waals surface area contributed by atoms with Gasteiger partial charge in [0.25, 0.3) is 0 Å². The van der Waals surface area contributed by atoms with Crippen LogP contribution in [0.5, 0.6) is 11.5 Å². The van der Waals surface area contributed by atoms with Crippen LogP contribution in [-0.4, -0.2) is 19.3 Å². The molecule has 0 atom stereocenters. The van der Waals surface area contributed by atoms with Gasteiger partial charge >= 0.3 is 0 Å². The Balaban J connectivity index is 2.22. The van der Waals surface area contributed by atoms with E-state index in [2.05, 4.69) is 16.7 Å². The lowest BCUT2D eigenvalue weighted by atomic mass is 10.2. The molecular formula is C16H15ClN4O2S. The van der Waals surface area contributed by atoms with Crippen LogP contribution in [0.1, 0.15) is 5.56 Å². The van der Waals surface area contributed by atoms with Crippen molar-refractivity contribution in [2.75, 3.05) is 30.6 Å². The Kier molecular flexibility index (Phi) is 5.68. The van der Waals surface area contributed by atoms with Crippen molar-refractivity contribution in [2.45, 2.75) is 0 Å². The van der Waals surface area contributed by atoms with Crippen molar-refractivity contribution in [3.05, 3.63) is 40.9 Å². The molecule has 0 fully saturated rings. The summed E-state index contributed by atoms with van der Waals surface area (Å²) in [5.41, 5.74) is 7.67. The number of hydrogen-bond donors (Lipinski definition) is 3. The molecule has 0 aliphatic heterocycles. The van der Waals surface area contributed by atoms with E-state index in [-0.39, 0.29) is 5.11 Å². The second-order valence-electron chi connectivity index (χ2n) is 4.68.